The summed E-state index contributed by atoms with van der Waals surface area (Å²) in [5.74, 6) is 0.795. The summed E-state index contributed by atoms with van der Waals surface area (Å²) < 4.78 is 0. The van der Waals surface area contributed by atoms with Gasteiger partial charge in [0.2, 0.25) is 11.6 Å². The molecule has 0 aromatic heterocycles. The molecule has 4 rings (SSSR count). The van der Waals surface area contributed by atoms with Gasteiger partial charge in [0.05, 0.1) is 0 Å². The maximum atomic E-state index is 11.9. The van der Waals surface area contributed by atoms with Gasteiger partial charge in [-0.2, -0.15) is 0 Å². The molecule has 0 radical (unpaired) electrons. The van der Waals surface area contributed by atoms with Crippen LogP contribution in [0.3, 0.4) is 0 Å². The molecule has 3 nitrogen and oxygen atoms in total. The Morgan fingerprint density at radius 2 is 1.80 bits per heavy atom. The van der Waals surface area contributed by atoms with E-state index in [1.807, 2.05) is 18.2 Å². The van der Waals surface area contributed by atoms with Crippen LogP contribution in [0.1, 0.15) is 41.6 Å². The summed E-state index contributed by atoms with van der Waals surface area (Å²) in [6.07, 6.45) is 6.66. The molecule has 3 aliphatic rings. The summed E-state index contributed by atoms with van der Waals surface area (Å²) in [5.41, 5.74) is 2.24. The molecule has 0 amide bonds. The van der Waals surface area contributed by atoms with Crippen molar-refractivity contribution in [3.8, 4) is 0 Å². The minimum atomic E-state index is -0.408. The average molecular weight is 267 g/mol. The van der Waals surface area contributed by atoms with E-state index in [2.05, 4.69) is 5.32 Å². The SMILES string of the molecule is O=C1C=C(N[C@H]2C[C@H]3CC[C@H]2C3)c2ccccc2C1=O. The number of allylic oxidation sites excluding steroid dienone is 1. The number of hydrogen-bond acceptors (Lipinski definition) is 3. The molecule has 20 heavy (non-hydrogen) atoms. The molecule has 2 bridgehead atoms. The fourth-order valence-electron chi connectivity index (χ4n) is 4.06. The van der Waals surface area contributed by atoms with Gasteiger partial charge < -0.3 is 5.32 Å². The van der Waals surface area contributed by atoms with Crippen LogP contribution < -0.4 is 5.32 Å². The number of nitrogens with one attached hydrogen (secondary N) is 1. The number of fused-ring (bicyclic) bond motifs is 3. The van der Waals surface area contributed by atoms with Crippen LogP contribution >= 0.6 is 0 Å². The highest BCUT2D eigenvalue weighted by Crippen LogP contribution is 2.45. The van der Waals surface area contributed by atoms with Crippen molar-refractivity contribution in [3.05, 3.63) is 41.5 Å². The minimum absolute atomic E-state index is 0.390. The van der Waals surface area contributed by atoms with Crippen molar-refractivity contribution in [2.45, 2.75) is 31.7 Å². The molecule has 0 aliphatic heterocycles. The number of ketones is 2. The van der Waals surface area contributed by atoms with E-state index in [9.17, 15) is 9.59 Å². The smallest absolute Gasteiger partial charge is 0.233 e. The number of rotatable bonds is 2. The van der Waals surface area contributed by atoms with E-state index in [0.29, 0.717) is 11.6 Å². The van der Waals surface area contributed by atoms with Gasteiger partial charge in [0.15, 0.2) is 0 Å². The Bertz CT molecular complexity index is 632. The Morgan fingerprint density at radius 1 is 1.00 bits per heavy atom. The maximum absolute atomic E-state index is 11.9. The lowest BCUT2D eigenvalue weighted by atomic mass is 9.90. The molecule has 3 heteroatoms. The number of hydrogen-bond donors (Lipinski definition) is 1. The molecule has 0 heterocycles. The second-order valence-corrected chi connectivity index (χ2v) is 6.22. The molecular formula is C17H17NO2. The second-order valence-electron chi connectivity index (χ2n) is 6.22. The highest BCUT2D eigenvalue weighted by molar-refractivity contribution is 6.50. The zero-order valence-electron chi connectivity index (χ0n) is 11.3. The lowest BCUT2D eigenvalue weighted by Gasteiger charge is -2.27. The first-order valence-corrected chi connectivity index (χ1v) is 7.38. The first kappa shape index (κ1) is 11.9. The standard InChI is InChI=1S/C17H17NO2/c19-16-9-15(12-3-1-2-4-13(12)17(16)20)18-14-8-10-5-6-11(14)7-10/h1-4,9-11,14,18H,5-8H2/t10-,11-,14-/m0/s1. The van der Waals surface area contributed by atoms with Crippen LogP contribution in [0.4, 0.5) is 0 Å². The van der Waals surface area contributed by atoms with Gasteiger partial charge in [0.25, 0.3) is 0 Å². The molecule has 0 unspecified atom stereocenters. The van der Waals surface area contributed by atoms with Crippen LogP contribution in [0.15, 0.2) is 30.3 Å². The van der Waals surface area contributed by atoms with Crippen LogP contribution in [0.2, 0.25) is 0 Å². The Labute approximate surface area is 118 Å². The van der Waals surface area contributed by atoms with E-state index >= 15 is 0 Å². The Balaban J connectivity index is 1.66. The van der Waals surface area contributed by atoms with Crippen molar-refractivity contribution in [1.29, 1.82) is 0 Å². The molecule has 1 aromatic rings. The third-order valence-electron chi connectivity index (χ3n) is 5.04. The van der Waals surface area contributed by atoms with Gasteiger partial charge in [-0.15, -0.1) is 0 Å². The Kier molecular flexibility index (Phi) is 2.56. The molecule has 0 saturated heterocycles. The number of carbonyl (C=O) groups is 2. The van der Waals surface area contributed by atoms with Crippen molar-refractivity contribution in [2.75, 3.05) is 0 Å². The second kappa shape index (κ2) is 4.30. The number of carbonyl (C=O) groups excluding carboxylic acids is 2. The summed E-state index contributed by atoms with van der Waals surface area (Å²) >= 11 is 0. The summed E-state index contributed by atoms with van der Waals surface area (Å²) in [6.45, 7) is 0. The fraction of sp³-hybridized carbons (Fsp3) is 0.412. The minimum Gasteiger partial charge on any atom is -0.381 e. The van der Waals surface area contributed by atoms with Gasteiger partial charge in [0.1, 0.15) is 0 Å². The quantitative estimate of drug-likeness (QED) is 0.838. The van der Waals surface area contributed by atoms with Crippen molar-refractivity contribution in [3.63, 3.8) is 0 Å². The molecule has 102 valence electrons. The maximum Gasteiger partial charge on any atom is 0.233 e. The third-order valence-corrected chi connectivity index (χ3v) is 5.04. The largest absolute Gasteiger partial charge is 0.381 e. The summed E-state index contributed by atoms with van der Waals surface area (Å²) in [7, 11) is 0. The van der Waals surface area contributed by atoms with E-state index in [-0.39, 0.29) is 5.78 Å². The topological polar surface area (TPSA) is 46.2 Å². The Morgan fingerprint density at radius 3 is 2.50 bits per heavy atom. The molecule has 3 atom stereocenters. The van der Waals surface area contributed by atoms with Crippen molar-refractivity contribution in [2.24, 2.45) is 11.8 Å². The molecule has 1 aromatic carbocycles. The molecule has 3 aliphatic carbocycles. The van der Waals surface area contributed by atoms with E-state index in [4.69, 9.17) is 0 Å². The molecule has 1 N–H and O–H groups in total. The highest BCUT2D eigenvalue weighted by Gasteiger charge is 2.40. The Hall–Kier alpha value is -1.90. The molecule has 0 spiro atoms. The highest BCUT2D eigenvalue weighted by atomic mass is 16.2. The predicted octanol–water partition coefficient (Wildman–Crippen LogP) is 2.57. The van der Waals surface area contributed by atoms with Gasteiger partial charge in [-0.3, -0.25) is 9.59 Å². The molecule has 2 saturated carbocycles. The van der Waals surface area contributed by atoms with Gasteiger partial charge >= 0.3 is 0 Å². The van der Waals surface area contributed by atoms with Crippen molar-refractivity contribution < 1.29 is 9.59 Å². The van der Waals surface area contributed by atoms with Crippen molar-refractivity contribution >= 4 is 17.3 Å². The van der Waals surface area contributed by atoms with Gasteiger partial charge in [-0.1, -0.05) is 30.7 Å². The van der Waals surface area contributed by atoms with E-state index in [1.54, 1.807) is 6.07 Å². The average Bonchev–Trinajstić information content (AvgIpc) is 3.07. The zero-order valence-corrected chi connectivity index (χ0v) is 11.3. The first-order chi connectivity index (χ1) is 9.72. The van der Waals surface area contributed by atoms with Gasteiger partial charge in [-0.05, 0) is 31.1 Å². The van der Waals surface area contributed by atoms with Gasteiger partial charge in [0, 0.05) is 28.9 Å². The predicted molar refractivity (Wildman–Crippen MR) is 76.1 cm³/mol. The zero-order chi connectivity index (χ0) is 13.7. The van der Waals surface area contributed by atoms with Crippen molar-refractivity contribution in [1.82, 2.24) is 5.32 Å². The molecule has 2 fully saturated rings. The fourth-order valence-corrected chi connectivity index (χ4v) is 4.06. The van der Waals surface area contributed by atoms with Crippen LogP contribution in [0, 0.1) is 11.8 Å². The van der Waals surface area contributed by atoms with E-state index in [0.717, 1.165) is 23.1 Å². The lowest BCUT2D eigenvalue weighted by molar-refractivity contribution is -0.111. The summed E-state index contributed by atoms with van der Waals surface area (Å²) in [5, 5.41) is 3.54. The monoisotopic (exact) mass is 267 g/mol. The van der Waals surface area contributed by atoms with E-state index in [1.165, 1.54) is 31.8 Å². The first-order valence-electron chi connectivity index (χ1n) is 7.38. The van der Waals surface area contributed by atoms with Crippen LogP contribution in [0.5, 0.6) is 0 Å². The van der Waals surface area contributed by atoms with Crippen LogP contribution in [0.25, 0.3) is 5.70 Å². The number of benzene rings is 1. The van der Waals surface area contributed by atoms with Crippen LogP contribution in [-0.4, -0.2) is 17.6 Å². The summed E-state index contributed by atoms with van der Waals surface area (Å²) in [4.78, 5) is 23.7. The van der Waals surface area contributed by atoms with Gasteiger partial charge in [-0.25, -0.2) is 0 Å². The van der Waals surface area contributed by atoms with Crippen LogP contribution in [-0.2, 0) is 4.79 Å². The third kappa shape index (κ3) is 1.73. The summed E-state index contributed by atoms with van der Waals surface area (Å²) in [6, 6.07) is 7.86. The molecular weight excluding hydrogens is 250 g/mol. The lowest BCUT2D eigenvalue weighted by Crippen LogP contribution is -2.35. The normalized spacial score (nSPS) is 31.2. The number of Topliss-reactive ketones (excluding diaryl/α,β-unsaturated/α-hetero) is 1. The van der Waals surface area contributed by atoms with E-state index < -0.39 is 5.78 Å².